The van der Waals surface area contributed by atoms with Crippen molar-refractivity contribution in [1.82, 2.24) is 5.32 Å². The van der Waals surface area contributed by atoms with Crippen LogP contribution in [0.2, 0.25) is 0 Å². The van der Waals surface area contributed by atoms with Gasteiger partial charge in [-0.3, -0.25) is 0 Å². The number of carboxylic acids is 1. The number of hydrogen-bond acceptors (Lipinski definition) is 1. The Kier molecular flexibility index (Phi) is 2.27. The average Bonchev–Trinajstić information content (AvgIpc) is 2.34. The summed E-state index contributed by atoms with van der Waals surface area (Å²) in [4.78, 5) is 8.71. The third kappa shape index (κ3) is 1.48. The van der Waals surface area contributed by atoms with Crippen molar-refractivity contribution in [3.63, 3.8) is 0 Å². The molecule has 0 saturated heterocycles. The van der Waals surface area contributed by atoms with Crippen LogP contribution >= 0.6 is 0 Å². The van der Waals surface area contributed by atoms with Crippen molar-refractivity contribution in [1.29, 1.82) is 0 Å². The fourth-order valence-electron chi connectivity index (χ4n) is 1.48. The Bertz CT molecular complexity index is 136. The lowest BCUT2D eigenvalue weighted by Crippen LogP contribution is -2.22. The van der Waals surface area contributed by atoms with Gasteiger partial charge in [-0.2, -0.15) is 0 Å². The molecule has 0 aromatic heterocycles. The minimum absolute atomic E-state index is 0.0115. The number of aliphatic carboxylic acids is 1. The van der Waals surface area contributed by atoms with Gasteiger partial charge in [0, 0.05) is 6.04 Å². The smallest absolute Gasteiger partial charge is 0.339 e. The zero-order chi connectivity index (χ0) is 7.56. The number of rotatable bonds is 2. The van der Waals surface area contributed by atoms with Gasteiger partial charge < -0.3 is 15.2 Å². The van der Waals surface area contributed by atoms with Crippen molar-refractivity contribution >= 4 is 5.97 Å². The second-order valence-corrected chi connectivity index (χ2v) is 2.85. The van der Waals surface area contributed by atoms with Gasteiger partial charge in [-0.05, 0) is 26.3 Å². The van der Waals surface area contributed by atoms with E-state index in [9.17, 15) is 0 Å². The van der Waals surface area contributed by atoms with E-state index >= 15 is 0 Å². The molecular formula is C7H14NO2+. The first-order chi connectivity index (χ1) is 4.74. The van der Waals surface area contributed by atoms with Crippen LogP contribution in [-0.4, -0.2) is 29.0 Å². The maximum Gasteiger partial charge on any atom is 0.483 e. The molecule has 0 aliphatic heterocycles. The highest BCUT2D eigenvalue weighted by atomic mass is 16.4. The van der Waals surface area contributed by atoms with E-state index in [0.29, 0.717) is 6.04 Å². The van der Waals surface area contributed by atoms with E-state index in [-0.39, 0.29) is 5.92 Å². The predicted octanol–water partition coefficient (Wildman–Crippen LogP) is 0.435. The molecule has 2 unspecified atom stereocenters. The molecule has 58 valence electrons. The van der Waals surface area contributed by atoms with Crippen LogP contribution in [0.25, 0.3) is 0 Å². The number of nitrogens with one attached hydrogen (secondary N) is 1. The van der Waals surface area contributed by atoms with Crippen molar-refractivity contribution in [2.45, 2.75) is 25.3 Å². The molecule has 0 amide bonds. The molecule has 0 heterocycles. The van der Waals surface area contributed by atoms with Gasteiger partial charge in [-0.1, -0.05) is 0 Å². The monoisotopic (exact) mass is 144 g/mol. The Morgan fingerprint density at radius 2 is 2.30 bits per heavy atom. The van der Waals surface area contributed by atoms with Crippen molar-refractivity contribution < 1.29 is 9.90 Å². The molecule has 1 aliphatic rings. The van der Waals surface area contributed by atoms with Gasteiger partial charge in [-0.15, -0.1) is 0 Å². The van der Waals surface area contributed by atoms with Crippen LogP contribution in [0.3, 0.4) is 0 Å². The van der Waals surface area contributed by atoms with E-state index in [2.05, 4.69) is 5.32 Å². The fraction of sp³-hybridized carbons (Fsp3) is 0.857. The largest absolute Gasteiger partial charge is 0.483 e. The summed E-state index contributed by atoms with van der Waals surface area (Å²) in [6.45, 7) is 0. The molecule has 1 rings (SSSR count). The lowest BCUT2D eigenvalue weighted by molar-refractivity contribution is 0.395. The van der Waals surface area contributed by atoms with Crippen molar-refractivity contribution in [2.75, 3.05) is 7.05 Å². The topological polar surface area (TPSA) is 53.7 Å². The van der Waals surface area contributed by atoms with Gasteiger partial charge in [0.2, 0.25) is 0 Å². The third-order valence-corrected chi connectivity index (χ3v) is 2.21. The van der Waals surface area contributed by atoms with Crippen LogP contribution < -0.4 is 5.32 Å². The lowest BCUT2D eigenvalue weighted by atomic mass is 10.1. The van der Waals surface area contributed by atoms with Crippen LogP contribution in [-0.2, 0) is 0 Å². The summed E-state index contributed by atoms with van der Waals surface area (Å²) in [5.74, 6) is -0.379. The highest BCUT2D eigenvalue weighted by Gasteiger charge is 2.32. The third-order valence-electron chi connectivity index (χ3n) is 2.21. The molecule has 1 saturated carbocycles. The Balaban J connectivity index is 2.35. The molecule has 3 heteroatoms. The van der Waals surface area contributed by atoms with E-state index in [4.69, 9.17) is 9.90 Å². The molecule has 3 nitrogen and oxygen atoms in total. The summed E-state index contributed by atoms with van der Waals surface area (Å²) < 4.78 is 0. The van der Waals surface area contributed by atoms with Crippen molar-refractivity contribution in [3.8, 4) is 0 Å². The highest BCUT2D eigenvalue weighted by Crippen LogP contribution is 2.24. The van der Waals surface area contributed by atoms with Crippen molar-refractivity contribution in [2.24, 2.45) is 5.92 Å². The molecule has 2 atom stereocenters. The Morgan fingerprint density at radius 3 is 2.60 bits per heavy atom. The normalized spacial score (nSPS) is 32.5. The van der Waals surface area contributed by atoms with E-state index in [0.717, 1.165) is 19.3 Å². The summed E-state index contributed by atoms with van der Waals surface area (Å²) in [6.07, 6.45) is 2.80. The Morgan fingerprint density at radius 1 is 1.60 bits per heavy atom. The number of hydrogen-bond donors (Lipinski definition) is 2. The van der Waals surface area contributed by atoms with Crippen LogP contribution in [0.1, 0.15) is 19.3 Å². The molecule has 0 aromatic rings. The van der Waals surface area contributed by atoms with E-state index in [1.54, 1.807) is 0 Å². The molecule has 0 spiro atoms. The van der Waals surface area contributed by atoms with Gasteiger partial charge in [0.25, 0.3) is 0 Å². The van der Waals surface area contributed by atoms with Gasteiger partial charge in [0.15, 0.2) is 0 Å². The molecule has 3 N–H and O–H groups in total. The standard InChI is InChI=1S/C7H13NO2/c1-8-6-3-2-5(4-6)7(9)10/h5-6,8H,2-4H2,1H3,(H,9,10)/p+1. The molecule has 0 radical (unpaired) electrons. The lowest BCUT2D eigenvalue weighted by Gasteiger charge is -2.04. The highest BCUT2D eigenvalue weighted by molar-refractivity contribution is 5.71. The second-order valence-electron chi connectivity index (χ2n) is 2.85. The molecule has 0 bridgehead atoms. The molecular weight excluding hydrogens is 130 g/mol. The van der Waals surface area contributed by atoms with Crippen LogP contribution in [0.15, 0.2) is 0 Å². The van der Waals surface area contributed by atoms with Gasteiger partial charge in [0.05, 0.1) is 0 Å². The van der Waals surface area contributed by atoms with Gasteiger partial charge >= 0.3 is 5.97 Å². The molecule has 0 aromatic carbocycles. The van der Waals surface area contributed by atoms with Gasteiger partial charge in [0.1, 0.15) is 5.92 Å². The first-order valence-corrected chi connectivity index (χ1v) is 3.66. The summed E-state index contributed by atoms with van der Waals surface area (Å²) >= 11 is 0. The predicted molar refractivity (Wildman–Crippen MR) is 39.8 cm³/mol. The maximum atomic E-state index is 8.71. The molecule has 10 heavy (non-hydrogen) atoms. The summed E-state index contributed by atoms with van der Waals surface area (Å²) in [6, 6.07) is 0.472. The summed E-state index contributed by atoms with van der Waals surface area (Å²) in [7, 11) is 1.90. The SMILES string of the molecule is CNC1CCC(C(O)=[OH+])C1. The van der Waals surface area contributed by atoms with Crippen LogP contribution in [0.4, 0.5) is 0 Å². The number of carboxylic acid groups (broad SMARTS) is 1. The molecule has 1 fully saturated rings. The zero-order valence-corrected chi connectivity index (χ0v) is 6.17. The van der Waals surface area contributed by atoms with E-state index in [1.807, 2.05) is 7.05 Å². The first kappa shape index (κ1) is 7.54. The van der Waals surface area contributed by atoms with Crippen LogP contribution in [0, 0.1) is 5.92 Å². The summed E-state index contributed by atoms with van der Waals surface area (Å²) in [5, 5.41) is 11.8. The first-order valence-electron chi connectivity index (χ1n) is 3.66. The van der Waals surface area contributed by atoms with E-state index < -0.39 is 5.97 Å². The minimum atomic E-state index is -0.391. The van der Waals surface area contributed by atoms with Crippen LogP contribution in [0.5, 0.6) is 0 Å². The van der Waals surface area contributed by atoms with Gasteiger partial charge in [-0.25, -0.2) is 0 Å². The Hall–Kier alpha value is -0.570. The quantitative estimate of drug-likeness (QED) is 0.552. The van der Waals surface area contributed by atoms with Crippen molar-refractivity contribution in [3.05, 3.63) is 0 Å². The maximum absolute atomic E-state index is 8.71. The minimum Gasteiger partial charge on any atom is -0.339 e. The second kappa shape index (κ2) is 3.01. The molecule has 1 aliphatic carbocycles. The van der Waals surface area contributed by atoms with E-state index in [1.165, 1.54) is 0 Å². The zero-order valence-electron chi connectivity index (χ0n) is 6.17. The Labute approximate surface area is 60.4 Å². The number of aliphatic hydroxyl groups excluding tert-OH is 1. The summed E-state index contributed by atoms with van der Waals surface area (Å²) in [5.41, 5.74) is 0. The fourth-order valence-corrected chi connectivity index (χ4v) is 1.48. The average molecular weight is 144 g/mol.